The summed E-state index contributed by atoms with van der Waals surface area (Å²) in [5.41, 5.74) is 3.94. The summed E-state index contributed by atoms with van der Waals surface area (Å²) < 4.78 is 1.10. The van der Waals surface area contributed by atoms with Crippen LogP contribution in [-0.4, -0.2) is 22.7 Å². The number of anilines is 2. The van der Waals surface area contributed by atoms with Crippen molar-refractivity contribution in [1.29, 1.82) is 0 Å². The maximum Gasteiger partial charge on any atom is 0.256 e. The van der Waals surface area contributed by atoms with E-state index in [2.05, 4.69) is 5.32 Å². The number of nitrogens with one attached hydrogen (secondary N) is 1. The molecule has 0 saturated carbocycles. The van der Waals surface area contributed by atoms with Crippen molar-refractivity contribution in [3.05, 3.63) is 64.5 Å². The molecule has 1 aliphatic heterocycles. The monoisotopic (exact) mass is 461 g/mol. The number of hydrogen-bond donors (Lipinski definition) is 1. The van der Waals surface area contributed by atoms with Crippen molar-refractivity contribution in [1.82, 2.24) is 4.98 Å². The van der Waals surface area contributed by atoms with E-state index in [-0.39, 0.29) is 30.6 Å². The number of fused-ring (bicyclic) bond motifs is 1. The molecule has 0 radical (unpaired) electrons. The Kier molecular flexibility index (Phi) is 5.11. The summed E-state index contributed by atoms with van der Waals surface area (Å²) in [6.45, 7) is 4.08. The highest BCUT2D eigenvalue weighted by Gasteiger charge is 2.30. The Morgan fingerprint density at radius 2 is 1.66 bits per heavy atom. The molecule has 0 aliphatic carbocycles. The van der Waals surface area contributed by atoms with Crippen LogP contribution in [0.3, 0.4) is 0 Å². The van der Waals surface area contributed by atoms with Crippen LogP contribution in [0.1, 0.15) is 33.6 Å². The Morgan fingerprint density at radius 3 is 2.34 bits per heavy atom. The second-order valence-electron chi connectivity index (χ2n) is 7.60. The predicted octanol–water partition coefficient (Wildman–Crippen LogP) is 5.55. The average molecular weight is 462 g/mol. The van der Waals surface area contributed by atoms with Crippen molar-refractivity contribution in [2.75, 3.05) is 10.2 Å². The zero-order chi connectivity index (χ0) is 22.4. The minimum Gasteiger partial charge on any atom is -0.313 e. The number of rotatable bonds is 4. The fraction of sp³-hybridized carbons (Fsp3) is 0.167. The van der Waals surface area contributed by atoms with Gasteiger partial charge in [0.25, 0.3) is 5.91 Å². The molecule has 32 heavy (non-hydrogen) atoms. The maximum absolute atomic E-state index is 13.0. The molecule has 3 amide bonds. The summed E-state index contributed by atoms with van der Waals surface area (Å²) in [5.74, 6) is -0.673. The van der Waals surface area contributed by atoms with Crippen LogP contribution in [0.2, 0.25) is 0 Å². The molecule has 5 rings (SSSR count). The molecule has 2 aromatic heterocycles. The summed E-state index contributed by atoms with van der Waals surface area (Å²) in [5, 5.41) is 4.68. The minimum atomic E-state index is -0.251. The number of carbonyl (C=O) groups is 3. The van der Waals surface area contributed by atoms with Gasteiger partial charge in [0.05, 0.1) is 15.9 Å². The number of thiazole rings is 1. The molecule has 0 spiro atoms. The summed E-state index contributed by atoms with van der Waals surface area (Å²) in [6, 6.07) is 14.5. The van der Waals surface area contributed by atoms with Crippen LogP contribution in [0.25, 0.3) is 20.8 Å². The molecule has 1 saturated heterocycles. The zero-order valence-corrected chi connectivity index (χ0v) is 19.1. The van der Waals surface area contributed by atoms with Gasteiger partial charge in [-0.25, -0.2) is 4.98 Å². The third-order valence-corrected chi connectivity index (χ3v) is 7.74. The molecular weight excluding hydrogens is 442 g/mol. The number of aromatic nitrogens is 1. The number of para-hydroxylation sites is 1. The van der Waals surface area contributed by atoms with Crippen LogP contribution in [0.4, 0.5) is 10.7 Å². The van der Waals surface area contributed by atoms with Crippen LogP contribution in [-0.2, 0) is 9.59 Å². The van der Waals surface area contributed by atoms with Gasteiger partial charge >= 0.3 is 0 Å². The van der Waals surface area contributed by atoms with E-state index in [4.69, 9.17) is 4.98 Å². The van der Waals surface area contributed by atoms with Crippen molar-refractivity contribution in [2.45, 2.75) is 26.7 Å². The number of amides is 3. The molecule has 6 nitrogen and oxygen atoms in total. The van der Waals surface area contributed by atoms with E-state index in [1.165, 1.54) is 16.2 Å². The van der Waals surface area contributed by atoms with E-state index in [1.807, 2.05) is 38.1 Å². The van der Waals surface area contributed by atoms with Gasteiger partial charge in [0, 0.05) is 28.8 Å². The highest BCUT2D eigenvalue weighted by atomic mass is 32.1. The highest BCUT2D eigenvalue weighted by molar-refractivity contribution is 7.22. The lowest BCUT2D eigenvalue weighted by atomic mass is 10.1. The Hall–Kier alpha value is -3.36. The summed E-state index contributed by atoms with van der Waals surface area (Å²) in [4.78, 5) is 43.9. The SMILES string of the molecule is Cc1sc(NC(=O)c2ccc(N3C(=O)CCC3=O)cc2)c(-c2nc3ccccc3s2)c1C. The van der Waals surface area contributed by atoms with Crippen LogP contribution < -0.4 is 10.2 Å². The summed E-state index contributed by atoms with van der Waals surface area (Å²) >= 11 is 3.14. The molecule has 160 valence electrons. The minimum absolute atomic E-state index is 0.211. The van der Waals surface area contributed by atoms with Crippen molar-refractivity contribution < 1.29 is 14.4 Å². The number of benzene rings is 2. The Bertz CT molecular complexity index is 1340. The number of hydrogen-bond acceptors (Lipinski definition) is 6. The molecular formula is C24H19N3O3S2. The maximum atomic E-state index is 13.0. The molecule has 1 aliphatic rings. The Balaban J connectivity index is 1.43. The topological polar surface area (TPSA) is 79.4 Å². The van der Waals surface area contributed by atoms with E-state index in [9.17, 15) is 14.4 Å². The Labute approximate surface area is 192 Å². The number of thiophene rings is 1. The summed E-state index contributed by atoms with van der Waals surface area (Å²) in [7, 11) is 0. The molecule has 0 atom stereocenters. The molecule has 1 N–H and O–H groups in total. The number of nitrogens with zero attached hydrogens (tertiary/aromatic N) is 2. The first-order chi connectivity index (χ1) is 15.4. The third kappa shape index (κ3) is 3.51. The van der Waals surface area contributed by atoms with Gasteiger partial charge in [0.1, 0.15) is 10.0 Å². The Morgan fingerprint density at radius 1 is 0.969 bits per heavy atom. The predicted molar refractivity (Wildman–Crippen MR) is 129 cm³/mol. The van der Waals surface area contributed by atoms with Gasteiger partial charge in [-0.1, -0.05) is 12.1 Å². The van der Waals surface area contributed by atoms with Crippen LogP contribution in [0.15, 0.2) is 48.5 Å². The summed E-state index contributed by atoms with van der Waals surface area (Å²) in [6.07, 6.45) is 0.458. The fourth-order valence-electron chi connectivity index (χ4n) is 3.75. The first-order valence-electron chi connectivity index (χ1n) is 10.2. The van der Waals surface area contributed by atoms with Crippen molar-refractivity contribution in [2.24, 2.45) is 0 Å². The first kappa shape index (κ1) is 20.5. The smallest absolute Gasteiger partial charge is 0.256 e. The normalized spacial score (nSPS) is 13.9. The second kappa shape index (κ2) is 7.96. The van der Waals surface area contributed by atoms with Gasteiger partial charge < -0.3 is 5.32 Å². The number of carbonyl (C=O) groups excluding carboxylic acids is 3. The second-order valence-corrected chi connectivity index (χ2v) is 9.85. The number of imide groups is 1. The van der Waals surface area contributed by atoms with E-state index in [0.717, 1.165) is 36.2 Å². The molecule has 4 aromatic rings. The van der Waals surface area contributed by atoms with Crippen molar-refractivity contribution in [3.8, 4) is 10.6 Å². The molecule has 2 aromatic carbocycles. The van der Waals surface area contributed by atoms with Gasteiger partial charge in [-0.05, 0) is 55.8 Å². The van der Waals surface area contributed by atoms with Crippen LogP contribution in [0, 0.1) is 13.8 Å². The number of aryl methyl sites for hydroxylation is 1. The first-order valence-corrected chi connectivity index (χ1v) is 11.8. The third-order valence-electron chi connectivity index (χ3n) is 5.56. The largest absolute Gasteiger partial charge is 0.313 e. The molecule has 1 fully saturated rings. The van der Waals surface area contributed by atoms with E-state index in [1.54, 1.807) is 35.6 Å². The zero-order valence-electron chi connectivity index (χ0n) is 17.5. The lowest BCUT2D eigenvalue weighted by Gasteiger charge is -2.14. The van der Waals surface area contributed by atoms with Gasteiger partial charge in [-0.15, -0.1) is 22.7 Å². The molecule has 3 heterocycles. The van der Waals surface area contributed by atoms with E-state index in [0.29, 0.717) is 11.3 Å². The van der Waals surface area contributed by atoms with Gasteiger partial charge in [-0.2, -0.15) is 0 Å². The van der Waals surface area contributed by atoms with Crippen molar-refractivity contribution in [3.63, 3.8) is 0 Å². The molecule has 0 unspecified atom stereocenters. The molecule has 8 heteroatoms. The fourth-order valence-corrected chi connectivity index (χ4v) is 5.95. The van der Waals surface area contributed by atoms with Gasteiger partial charge in [0.2, 0.25) is 11.8 Å². The van der Waals surface area contributed by atoms with Gasteiger partial charge in [-0.3, -0.25) is 19.3 Å². The quantitative estimate of drug-likeness (QED) is 0.404. The standard InChI is InChI=1S/C24H19N3O3S2/c1-13-14(2)31-24(21(13)23-25-17-5-3-4-6-18(17)32-23)26-22(30)15-7-9-16(10-8-15)27-19(28)11-12-20(27)29/h3-10H,11-12H2,1-2H3,(H,26,30). The van der Waals surface area contributed by atoms with Crippen LogP contribution >= 0.6 is 22.7 Å². The average Bonchev–Trinajstić information content (AvgIpc) is 3.43. The van der Waals surface area contributed by atoms with E-state index >= 15 is 0 Å². The van der Waals surface area contributed by atoms with Crippen molar-refractivity contribution >= 4 is 61.3 Å². The van der Waals surface area contributed by atoms with Crippen LogP contribution in [0.5, 0.6) is 0 Å². The van der Waals surface area contributed by atoms with E-state index < -0.39 is 0 Å². The lowest BCUT2D eigenvalue weighted by molar-refractivity contribution is -0.121. The molecule has 0 bridgehead atoms. The van der Waals surface area contributed by atoms with Gasteiger partial charge in [0.15, 0.2) is 0 Å². The highest BCUT2D eigenvalue weighted by Crippen LogP contribution is 2.43. The lowest BCUT2D eigenvalue weighted by Crippen LogP contribution is -2.28.